The van der Waals surface area contributed by atoms with Gasteiger partial charge < -0.3 is 5.32 Å². The van der Waals surface area contributed by atoms with Gasteiger partial charge in [-0.2, -0.15) is 5.26 Å². The molecule has 90 valence electrons. The van der Waals surface area contributed by atoms with Crippen molar-refractivity contribution in [1.29, 1.82) is 5.26 Å². The summed E-state index contributed by atoms with van der Waals surface area (Å²) < 4.78 is 0. The number of nitrogens with one attached hydrogen (secondary N) is 1. The molecule has 0 aromatic heterocycles. The number of hydrogen-bond acceptors (Lipinski definition) is 2. The van der Waals surface area contributed by atoms with Crippen molar-refractivity contribution in [2.24, 2.45) is 5.41 Å². The Morgan fingerprint density at radius 3 is 2.71 bits per heavy atom. The zero-order valence-corrected chi connectivity index (χ0v) is 10.9. The van der Waals surface area contributed by atoms with Gasteiger partial charge in [0.2, 0.25) is 0 Å². The Labute approximate surface area is 104 Å². The number of benzene rings is 1. The molecular weight excluding hydrogens is 208 g/mol. The highest BCUT2D eigenvalue weighted by molar-refractivity contribution is 5.39. The van der Waals surface area contributed by atoms with Crippen molar-refractivity contribution < 1.29 is 0 Å². The fourth-order valence-corrected chi connectivity index (χ4v) is 2.41. The maximum absolute atomic E-state index is 8.97. The normalized spacial score (nSPS) is 20.2. The van der Waals surface area contributed by atoms with Crippen LogP contribution in [0.15, 0.2) is 18.2 Å². The van der Waals surface area contributed by atoms with Gasteiger partial charge in [0.25, 0.3) is 0 Å². The topological polar surface area (TPSA) is 35.8 Å². The highest BCUT2D eigenvalue weighted by atomic mass is 14.9. The molecule has 1 aliphatic heterocycles. The van der Waals surface area contributed by atoms with Crippen LogP contribution in [0.5, 0.6) is 0 Å². The van der Waals surface area contributed by atoms with Crippen molar-refractivity contribution in [2.45, 2.75) is 39.7 Å². The Morgan fingerprint density at radius 1 is 1.29 bits per heavy atom. The molecule has 0 amide bonds. The first-order chi connectivity index (χ1) is 8.00. The largest absolute Gasteiger partial charge is 0.313 e. The van der Waals surface area contributed by atoms with E-state index < -0.39 is 0 Å². The number of rotatable bonds is 0. The van der Waals surface area contributed by atoms with Gasteiger partial charge in [0, 0.05) is 6.04 Å². The van der Waals surface area contributed by atoms with Gasteiger partial charge in [-0.3, -0.25) is 0 Å². The molecule has 1 aliphatic rings. The fraction of sp³-hybridized carbons (Fsp3) is 0.533. The lowest BCUT2D eigenvalue weighted by atomic mass is 9.82. The summed E-state index contributed by atoms with van der Waals surface area (Å²) in [7, 11) is 0. The van der Waals surface area contributed by atoms with Gasteiger partial charge >= 0.3 is 0 Å². The van der Waals surface area contributed by atoms with Crippen LogP contribution in [0.3, 0.4) is 0 Å². The van der Waals surface area contributed by atoms with E-state index in [9.17, 15) is 0 Å². The predicted molar refractivity (Wildman–Crippen MR) is 69.8 cm³/mol. The van der Waals surface area contributed by atoms with Gasteiger partial charge in [0.05, 0.1) is 11.6 Å². The summed E-state index contributed by atoms with van der Waals surface area (Å²) in [4.78, 5) is 0. The second-order valence-electron chi connectivity index (χ2n) is 5.92. The second-order valence-corrected chi connectivity index (χ2v) is 5.92. The smallest absolute Gasteiger partial charge is 0.0991 e. The molecule has 0 saturated carbocycles. The molecule has 1 atom stereocenters. The minimum absolute atomic E-state index is 0.254. The van der Waals surface area contributed by atoms with Crippen LogP contribution in [-0.4, -0.2) is 12.6 Å². The number of fused-ring (bicyclic) bond motifs is 1. The third-order valence-corrected chi connectivity index (χ3v) is 3.59. The van der Waals surface area contributed by atoms with E-state index >= 15 is 0 Å². The van der Waals surface area contributed by atoms with Crippen LogP contribution < -0.4 is 5.32 Å². The summed E-state index contributed by atoms with van der Waals surface area (Å²) in [5, 5.41) is 12.6. The average molecular weight is 228 g/mol. The molecule has 0 radical (unpaired) electrons. The first-order valence-corrected chi connectivity index (χ1v) is 6.26. The standard InChI is InChI=1S/C15H20N2/c1-15(2,3)14-9-13-8-11(10-16)4-5-12(13)6-7-17-14/h4-5,8,14,17H,6-7,9H2,1-3H3. The molecule has 0 fully saturated rings. The highest BCUT2D eigenvalue weighted by Gasteiger charge is 2.26. The van der Waals surface area contributed by atoms with Crippen LogP contribution in [-0.2, 0) is 12.8 Å². The van der Waals surface area contributed by atoms with E-state index in [-0.39, 0.29) is 5.41 Å². The summed E-state index contributed by atoms with van der Waals surface area (Å²) in [5.41, 5.74) is 3.76. The van der Waals surface area contributed by atoms with Gasteiger partial charge in [-0.25, -0.2) is 0 Å². The highest BCUT2D eigenvalue weighted by Crippen LogP contribution is 2.26. The SMILES string of the molecule is CC(C)(C)C1Cc2cc(C#N)ccc2CCN1. The van der Waals surface area contributed by atoms with Crippen LogP contribution in [0.25, 0.3) is 0 Å². The van der Waals surface area contributed by atoms with Gasteiger partial charge in [-0.15, -0.1) is 0 Å². The van der Waals surface area contributed by atoms with E-state index in [1.165, 1.54) is 11.1 Å². The molecule has 1 aromatic rings. The Hall–Kier alpha value is -1.33. The minimum Gasteiger partial charge on any atom is -0.313 e. The zero-order valence-electron chi connectivity index (χ0n) is 10.9. The Morgan fingerprint density at radius 2 is 2.06 bits per heavy atom. The van der Waals surface area contributed by atoms with Crippen molar-refractivity contribution in [1.82, 2.24) is 5.32 Å². The molecule has 0 saturated heterocycles. The van der Waals surface area contributed by atoms with E-state index in [1.807, 2.05) is 6.07 Å². The second kappa shape index (κ2) is 4.50. The van der Waals surface area contributed by atoms with Crippen molar-refractivity contribution >= 4 is 0 Å². The molecular formula is C15H20N2. The first-order valence-electron chi connectivity index (χ1n) is 6.26. The molecule has 0 spiro atoms. The summed E-state index contributed by atoms with van der Waals surface area (Å²) in [6.07, 6.45) is 2.09. The Bertz CT molecular complexity index is 449. The number of nitriles is 1. The number of hydrogen-bond donors (Lipinski definition) is 1. The monoisotopic (exact) mass is 228 g/mol. The van der Waals surface area contributed by atoms with E-state index in [4.69, 9.17) is 5.26 Å². The van der Waals surface area contributed by atoms with Gasteiger partial charge in [-0.1, -0.05) is 26.8 Å². The molecule has 17 heavy (non-hydrogen) atoms. The molecule has 1 unspecified atom stereocenters. The average Bonchev–Trinajstić information content (AvgIpc) is 2.49. The molecule has 0 bridgehead atoms. The summed E-state index contributed by atoms with van der Waals surface area (Å²) >= 11 is 0. The van der Waals surface area contributed by atoms with Crippen LogP contribution in [0.2, 0.25) is 0 Å². The van der Waals surface area contributed by atoms with Crippen molar-refractivity contribution in [3.63, 3.8) is 0 Å². The van der Waals surface area contributed by atoms with E-state index in [1.54, 1.807) is 0 Å². The molecule has 0 aliphatic carbocycles. The van der Waals surface area contributed by atoms with E-state index in [0.29, 0.717) is 6.04 Å². The first kappa shape index (κ1) is 12.1. The third kappa shape index (κ3) is 2.68. The van der Waals surface area contributed by atoms with Crippen LogP contribution in [0.4, 0.5) is 0 Å². The summed E-state index contributed by atoms with van der Waals surface area (Å²) in [6.45, 7) is 7.83. The van der Waals surface area contributed by atoms with Crippen LogP contribution in [0.1, 0.15) is 37.5 Å². The van der Waals surface area contributed by atoms with Crippen molar-refractivity contribution in [3.8, 4) is 6.07 Å². The summed E-state index contributed by atoms with van der Waals surface area (Å²) in [6, 6.07) is 8.81. The molecule has 2 nitrogen and oxygen atoms in total. The number of nitrogens with zero attached hydrogens (tertiary/aromatic N) is 1. The predicted octanol–water partition coefficient (Wildman–Crippen LogP) is 2.66. The van der Waals surface area contributed by atoms with Crippen LogP contribution in [0, 0.1) is 16.7 Å². The maximum Gasteiger partial charge on any atom is 0.0991 e. The lowest BCUT2D eigenvalue weighted by Gasteiger charge is -2.30. The van der Waals surface area contributed by atoms with Gasteiger partial charge in [0.1, 0.15) is 0 Å². The summed E-state index contributed by atoms with van der Waals surface area (Å²) in [5.74, 6) is 0. The quantitative estimate of drug-likeness (QED) is 0.741. The van der Waals surface area contributed by atoms with E-state index in [0.717, 1.165) is 24.9 Å². The fourth-order valence-electron chi connectivity index (χ4n) is 2.41. The van der Waals surface area contributed by atoms with Gasteiger partial charge in [-0.05, 0) is 48.1 Å². The molecule has 1 heterocycles. The third-order valence-electron chi connectivity index (χ3n) is 3.59. The Kier molecular flexibility index (Phi) is 3.22. The van der Waals surface area contributed by atoms with Crippen molar-refractivity contribution in [2.75, 3.05) is 6.54 Å². The lowest BCUT2D eigenvalue weighted by molar-refractivity contribution is 0.272. The Balaban J connectivity index is 2.33. The van der Waals surface area contributed by atoms with Crippen LogP contribution >= 0.6 is 0 Å². The molecule has 1 N–H and O–H groups in total. The minimum atomic E-state index is 0.254. The molecule has 2 rings (SSSR count). The van der Waals surface area contributed by atoms with Crippen molar-refractivity contribution in [3.05, 3.63) is 34.9 Å². The molecule has 2 heteroatoms. The lowest BCUT2D eigenvalue weighted by Crippen LogP contribution is -2.41. The maximum atomic E-state index is 8.97. The molecule has 1 aromatic carbocycles. The van der Waals surface area contributed by atoms with Gasteiger partial charge in [0.15, 0.2) is 0 Å². The zero-order chi connectivity index (χ0) is 12.5. The van der Waals surface area contributed by atoms with E-state index in [2.05, 4.69) is 44.3 Å².